The number of halogens is 3. The van der Waals surface area contributed by atoms with E-state index in [1.54, 1.807) is 12.1 Å². The Morgan fingerprint density at radius 1 is 1.25 bits per heavy atom. The first-order valence-electron chi connectivity index (χ1n) is 6.92. The molecule has 5 heteroatoms. The summed E-state index contributed by atoms with van der Waals surface area (Å²) < 4.78 is 39.3. The highest BCUT2D eigenvalue weighted by molar-refractivity contribution is 7.99. The van der Waals surface area contributed by atoms with Crippen LogP contribution in [0.1, 0.15) is 38.3 Å². The Morgan fingerprint density at radius 2 is 1.95 bits per heavy atom. The molecule has 0 aliphatic carbocycles. The molecule has 1 aromatic carbocycles. The van der Waals surface area contributed by atoms with Crippen LogP contribution < -0.4 is 5.32 Å². The van der Waals surface area contributed by atoms with Crippen molar-refractivity contribution in [2.24, 2.45) is 5.92 Å². The lowest BCUT2D eigenvalue weighted by Gasteiger charge is -2.15. The molecule has 0 saturated heterocycles. The molecule has 0 heterocycles. The van der Waals surface area contributed by atoms with Gasteiger partial charge in [0.1, 0.15) is 0 Å². The Bertz CT molecular complexity index is 418. The van der Waals surface area contributed by atoms with Crippen molar-refractivity contribution in [1.82, 2.24) is 5.32 Å². The minimum Gasteiger partial charge on any atom is -0.313 e. The summed E-state index contributed by atoms with van der Waals surface area (Å²) in [5, 5.41) is 2.95. The first kappa shape index (κ1) is 17.4. The lowest BCUT2D eigenvalue weighted by molar-refractivity contribution is -0.138. The number of hydrogen-bond donors (Lipinski definition) is 1. The van der Waals surface area contributed by atoms with E-state index in [0.29, 0.717) is 22.9 Å². The van der Waals surface area contributed by atoms with Crippen molar-refractivity contribution in [1.29, 1.82) is 0 Å². The summed E-state index contributed by atoms with van der Waals surface area (Å²) in [6.07, 6.45) is -3.25. The Labute approximate surface area is 123 Å². The molecule has 0 spiro atoms. The zero-order valence-electron chi connectivity index (χ0n) is 12.2. The topological polar surface area (TPSA) is 12.0 Å². The summed E-state index contributed by atoms with van der Waals surface area (Å²) in [4.78, 5) is 0.692. The van der Waals surface area contributed by atoms with Crippen LogP contribution in [0.5, 0.6) is 0 Å². The number of thioether (sulfide) groups is 1. The zero-order valence-corrected chi connectivity index (χ0v) is 13.0. The van der Waals surface area contributed by atoms with Gasteiger partial charge in [-0.25, -0.2) is 0 Å². The summed E-state index contributed by atoms with van der Waals surface area (Å²) in [7, 11) is 0. The van der Waals surface area contributed by atoms with Crippen molar-refractivity contribution >= 4 is 11.8 Å². The van der Waals surface area contributed by atoms with E-state index >= 15 is 0 Å². The third-order valence-corrected chi connectivity index (χ3v) is 4.51. The second kappa shape index (κ2) is 7.93. The second-order valence-corrected chi connectivity index (χ2v) is 6.01. The number of hydrogen-bond acceptors (Lipinski definition) is 2. The molecule has 20 heavy (non-hydrogen) atoms. The number of rotatable bonds is 7. The van der Waals surface area contributed by atoms with Gasteiger partial charge in [-0.15, -0.1) is 11.8 Å². The molecule has 0 fully saturated rings. The van der Waals surface area contributed by atoms with E-state index in [1.165, 1.54) is 17.8 Å². The van der Waals surface area contributed by atoms with E-state index in [4.69, 9.17) is 0 Å². The summed E-state index contributed by atoms with van der Waals surface area (Å²) in [5.74, 6) is 1.36. The molecule has 0 aliphatic heterocycles. The van der Waals surface area contributed by atoms with Crippen LogP contribution in [0.15, 0.2) is 23.1 Å². The summed E-state index contributed by atoms with van der Waals surface area (Å²) in [5.41, 5.74) is -0.208. The number of nitrogens with one attached hydrogen (secondary N) is 1. The van der Waals surface area contributed by atoms with Crippen LogP contribution >= 0.6 is 11.8 Å². The van der Waals surface area contributed by atoms with Crippen molar-refractivity contribution in [3.63, 3.8) is 0 Å². The molecule has 0 saturated carbocycles. The quantitative estimate of drug-likeness (QED) is 0.715. The average molecular weight is 305 g/mol. The Balaban J connectivity index is 2.90. The van der Waals surface area contributed by atoms with Crippen molar-refractivity contribution in [3.05, 3.63) is 29.3 Å². The lowest BCUT2D eigenvalue weighted by Crippen LogP contribution is -2.17. The van der Waals surface area contributed by atoms with Gasteiger partial charge in [-0.2, -0.15) is 13.2 Å². The molecule has 1 aromatic rings. The normalized spacial score (nSPS) is 13.5. The van der Waals surface area contributed by atoms with Crippen LogP contribution in [-0.4, -0.2) is 12.3 Å². The Morgan fingerprint density at radius 3 is 2.50 bits per heavy atom. The van der Waals surface area contributed by atoms with E-state index in [2.05, 4.69) is 19.2 Å². The fourth-order valence-electron chi connectivity index (χ4n) is 1.68. The molecule has 1 rings (SSSR count). The Hall–Kier alpha value is -0.680. The van der Waals surface area contributed by atoms with Gasteiger partial charge in [-0.05, 0) is 30.2 Å². The third kappa shape index (κ3) is 5.37. The van der Waals surface area contributed by atoms with Crippen molar-refractivity contribution < 1.29 is 13.2 Å². The molecule has 1 nitrogen and oxygen atoms in total. The zero-order chi connectivity index (χ0) is 15.2. The van der Waals surface area contributed by atoms with Gasteiger partial charge in [0, 0.05) is 17.2 Å². The molecule has 114 valence electrons. The highest BCUT2D eigenvalue weighted by Crippen LogP contribution is 2.35. The lowest BCUT2D eigenvalue weighted by atomic mass is 10.1. The van der Waals surface area contributed by atoms with Crippen LogP contribution in [0.3, 0.4) is 0 Å². The smallest absolute Gasteiger partial charge is 0.313 e. The van der Waals surface area contributed by atoms with Gasteiger partial charge >= 0.3 is 6.18 Å². The molecule has 1 N–H and O–H groups in total. The molecular weight excluding hydrogens is 283 g/mol. The molecule has 0 aliphatic rings. The standard InChI is InChI=1S/C15H22F3NS/c1-4-11(3)10-20-13-7-6-12(9-19-5-2)14(8-13)15(16,17)18/h6-8,11,19H,4-5,9-10H2,1-3H3. The number of benzene rings is 1. The average Bonchev–Trinajstić information content (AvgIpc) is 2.41. The van der Waals surface area contributed by atoms with Crippen LogP contribution in [0.25, 0.3) is 0 Å². The van der Waals surface area contributed by atoms with Gasteiger partial charge in [0.05, 0.1) is 5.56 Å². The van der Waals surface area contributed by atoms with Gasteiger partial charge in [-0.3, -0.25) is 0 Å². The van der Waals surface area contributed by atoms with Crippen LogP contribution in [-0.2, 0) is 12.7 Å². The van der Waals surface area contributed by atoms with E-state index < -0.39 is 11.7 Å². The monoisotopic (exact) mass is 305 g/mol. The minimum absolute atomic E-state index is 0.252. The van der Waals surface area contributed by atoms with Gasteiger partial charge in [0.25, 0.3) is 0 Å². The van der Waals surface area contributed by atoms with Crippen LogP contribution in [0.2, 0.25) is 0 Å². The molecule has 1 atom stereocenters. The maximum atomic E-state index is 13.1. The van der Waals surface area contributed by atoms with Crippen LogP contribution in [0, 0.1) is 5.92 Å². The van der Waals surface area contributed by atoms with Gasteiger partial charge in [0.2, 0.25) is 0 Å². The fourth-order valence-corrected chi connectivity index (χ4v) is 2.76. The van der Waals surface area contributed by atoms with Crippen molar-refractivity contribution in [2.45, 2.75) is 44.8 Å². The molecule has 1 unspecified atom stereocenters. The van der Waals surface area contributed by atoms with E-state index in [1.807, 2.05) is 6.92 Å². The minimum atomic E-state index is -4.29. The van der Waals surface area contributed by atoms with E-state index in [9.17, 15) is 13.2 Å². The maximum Gasteiger partial charge on any atom is 0.416 e. The number of alkyl halides is 3. The molecule has 0 aromatic heterocycles. The Kier molecular flexibility index (Phi) is 6.89. The SMILES string of the molecule is CCNCc1ccc(SCC(C)CC)cc1C(F)(F)F. The highest BCUT2D eigenvalue weighted by atomic mass is 32.2. The maximum absolute atomic E-state index is 13.1. The predicted octanol–water partition coefficient (Wildman–Crippen LogP) is 4.95. The van der Waals surface area contributed by atoms with Crippen molar-refractivity contribution in [2.75, 3.05) is 12.3 Å². The molecular formula is C15H22F3NS. The second-order valence-electron chi connectivity index (χ2n) is 4.92. The van der Waals surface area contributed by atoms with E-state index in [0.717, 1.165) is 12.2 Å². The summed E-state index contributed by atoms with van der Waals surface area (Å²) in [6, 6.07) is 4.65. The summed E-state index contributed by atoms with van der Waals surface area (Å²) >= 11 is 1.50. The molecule has 0 bridgehead atoms. The van der Waals surface area contributed by atoms with Gasteiger partial charge in [0.15, 0.2) is 0 Å². The van der Waals surface area contributed by atoms with Gasteiger partial charge < -0.3 is 5.32 Å². The van der Waals surface area contributed by atoms with Crippen LogP contribution in [0.4, 0.5) is 13.2 Å². The van der Waals surface area contributed by atoms with Gasteiger partial charge in [-0.1, -0.05) is 33.3 Å². The fraction of sp³-hybridized carbons (Fsp3) is 0.600. The first-order valence-corrected chi connectivity index (χ1v) is 7.90. The molecule has 0 amide bonds. The predicted molar refractivity (Wildman–Crippen MR) is 79.0 cm³/mol. The third-order valence-electron chi connectivity index (χ3n) is 3.18. The van der Waals surface area contributed by atoms with Crippen molar-refractivity contribution in [3.8, 4) is 0 Å². The molecule has 0 radical (unpaired) electrons. The highest BCUT2D eigenvalue weighted by Gasteiger charge is 2.33. The largest absolute Gasteiger partial charge is 0.416 e. The van der Waals surface area contributed by atoms with E-state index in [-0.39, 0.29) is 6.54 Å². The first-order chi connectivity index (χ1) is 9.38. The summed E-state index contributed by atoms with van der Waals surface area (Å²) in [6.45, 7) is 6.98.